The average Bonchev–Trinajstić information content (AvgIpc) is 3.39. The van der Waals surface area contributed by atoms with Crippen molar-refractivity contribution in [1.29, 1.82) is 0 Å². The fraction of sp³-hybridized carbons (Fsp3) is 0.269. The van der Waals surface area contributed by atoms with Gasteiger partial charge in [-0.15, -0.1) is 0 Å². The fourth-order valence-electron chi connectivity index (χ4n) is 4.50. The molecule has 0 spiro atoms. The number of ether oxygens (including phenoxy) is 2. The Morgan fingerprint density at radius 1 is 0.882 bits per heavy atom. The van der Waals surface area contributed by atoms with E-state index in [-0.39, 0.29) is 23.4 Å². The number of fused-ring (bicyclic) bond motifs is 1. The molecule has 1 fully saturated rings. The first-order chi connectivity index (χ1) is 16.5. The summed E-state index contributed by atoms with van der Waals surface area (Å²) in [5.74, 6) is 0.617. The lowest BCUT2D eigenvalue weighted by atomic mass is 9.98. The molecule has 2 aliphatic rings. The second-order valence-electron chi connectivity index (χ2n) is 8.34. The van der Waals surface area contributed by atoms with Gasteiger partial charge in [0.15, 0.2) is 11.5 Å². The zero-order valence-corrected chi connectivity index (χ0v) is 19.4. The van der Waals surface area contributed by atoms with Gasteiger partial charge >= 0.3 is 0 Å². The maximum Gasteiger partial charge on any atom is 0.243 e. The first-order valence-corrected chi connectivity index (χ1v) is 12.8. The molecule has 3 aromatic carbocycles. The Morgan fingerprint density at radius 2 is 1.50 bits per heavy atom. The van der Waals surface area contributed by atoms with Gasteiger partial charge in [0.05, 0.1) is 10.9 Å². The van der Waals surface area contributed by atoms with Crippen LogP contribution in [0.15, 0.2) is 83.8 Å². The smallest absolute Gasteiger partial charge is 0.243 e. The minimum absolute atomic E-state index is 0.0964. The lowest BCUT2D eigenvalue weighted by molar-refractivity contribution is -0.124. The number of nitrogens with zero attached hydrogens (tertiary/aromatic N) is 1. The summed E-state index contributed by atoms with van der Waals surface area (Å²) in [6.07, 6.45) is 1.08. The lowest BCUT2D eigenvalue weighted by Gasteiger charge is -2.27. The molecule has 176 valence electrons. The van der Waals surface area contributed by atoms with E-state index < -0.39 is 16.1 Å². The van der Waals surface area contributed by atoms with Crippen LogP contribution < -0.4 is 14.8 Å². The average molecular weight is 479 g/mol. The summed E-state index contributed by atoms with van der Waals surface area (Å²) in [5.41, 5.74) is 1.86. The Hall–Kier alpha value is -3.36. The molecule has 0 aromatic heterocycles. The molecular weight excluding hydrogens is 452 g/mol. The summed E-state index contributed by atoms with van der Waals surface area (Å²) in [6.45, 7) is 1.08. The standard InChI is InChI=1S/C26H26N2O5S/c29-26(27-25(19-8-3-1-4-9-19)20-10-5-2-6-11-20)22-12-7-15-28(22)34(30,31)21-13-14-23-24(18-21)33-17-16-32-23/h1-6,8-11,13-14,18,22,25H,7,12,15-17H2,(H,27,29)/t22-/m1/s1. The van der Waals surface area contributed by atoms with Crippen molar-refractivity contribution in [2.45, 2.75) is 29.8 Å². The van der Waals surface area contributed by atoms with Crippen molar-refractivity contribution in [2.24, 2.45) is 0 Å². The highest BCUT2D eigenvalue weighted by Gasteiger charge is 2.40. The van der Waals surface area contributed by atoms with E-state index in [0.717, 1.165) is 11.1 Å². The summed E-state index contributed by atoms with van der Waals surface area (Å²) in [5, 5.41) is 3.11. The Kier molecular flexibility index (Phi) is 6.26. The van der Waals surface area contributed by atoms with Crippen LogP contribution in [0.2, 0.25) is 0 Å². The maximum absolute atomic E-state index is 13.5. The van der Waals surface area contributed by atoms with Gasteiger partial charge in [0.25, 0.3) is 0 Å². The number of sulfonamides is 1. The van der Waals surface area contributed by atoms with Gasteiger partial charge < -0.3 is 14.8 Å². The minimum atomic E-state index is -3.89. The number of hydrogen-bond donors (Lipinski definition) is 1. The van der Waals surface area contributed by atoms with E-state index in [9.17, 15) is 13.2 Å². The highest BCUT2D eigenvalue weighted by molar-refractivity contribution is 7.89. The highest BCUT2D eigenvalue weighted by Crippen LogP contribution is 2.35. The molecule has 0 unspecified atom stereocenters. The van der Waals surface area contributed by atoms with Gasteiger partial charge in [-0.05, 0) is 36.1 Å². The summed E-state index contributed by atoms with van der Waals surface area (Å²) in [7, 11) is -3.89. The van der Waals surface area contributed by atoms with Crippen molar-refractivity contribution in [3.8, 4) is 11.5 Å². The van der Waals surface area contributed by atoms with Crippen molar-refractivity contribution >= 4 is 15.9 Å². The van der Waals surface area contributed by atoms with Gasteiger partial charge in [0, 0.05) is 12.6 Å². The predicted molar refractivity (Wildman–Crippen MR) is 127 cm³/mol. The Morgan fingerprint density at radius 3 is 2.15 bits per heavy atom. The molecule has 34 heavy (non-hydrogen) atoms. The summed E-state index contributed by atoms with van der Waals surface area (Å²) >= 11 is 0. The molecule has 0 bridgehead atoms. The number of amides is 1. The van der Waals surface area contributed by atoms with Crippen LogP contribution in [0.25, 0.3) is 0 Å². The summed E-state index contributed by atoms with van der Waals surface area (Å²) in [4.78, 5) is 13.6. The van der Waals surface area contributed by atoms with Crippen LogP contribution in [0.5, 0.6) is 11.5 Å². The third-order valence-electron chi connectivity index (χ3n) is 6.18. The third-order valence-corrected chi connectivity index (χ3v) is 8.08. The van der Waals surface area contributed by atoms with E-state index in [0.29, 0.717) is 37.6 Å². The van der Waals surface area contributed by atoms with E-state index in [4.69, 9.17) is 9.47 Å². The number of carbonyl (C=O) groups excluding carboxylic acids is 1. The number of hydrogen-bond acceptors (Lipinski definition) is 5. The van der Waals surface area contributed by atoms with Crippen molar-refractivity contribution < 1.29 is 22.7 Å². The van der Waals surface area contributed by atoms with E-state index in [1.54, 1.807) is 6.07 Å². The van der Waals surface area contributed by atoms with E-state index >= 15 is 0 Å². The van der Waals surface area contributed by atoms with E-state index in [2.05, 4.69) is 5.32 Å². The van der Waals surface area contributed by atoms with Crippen LogP contribution >= 0.6 is 0 Å². The summed E-state index contributed by atoms with van der Waals surface area (Å²) in [6, 6.07) is 22.8. The SMILES string of the molecule is O=C(NC(c1ccccc1)c1ccccc1)[C@H]1CCCN1S(=O)(=O)c1ccc2c(c1)OCCO2. The molecule has 0 aliphatic carbocycles. The molecule has 7 nitrogen and oxygen atoms in total. The summed E-state index contributed by atoms with van der Waals surface area (Å²) < 4.78 is 39.4. The topological polar surface area (TPSA) is 84.9 Å². The van der Waals surface area contributed by atoms with Crippen molar-refractivity contribution in [3.63, 3.8) is 0 Å². The molecule has 2 aliphatic heterocycles. The number of nitrogens with one attached hydrogen (secondary N) is 1. The number of benzene rings is 3. The Balaban J connectivity index is 1.41. The molecule has 1 N–H and O–H groups in total. The number of carbonyl (C=O) groups is 1. The van der Waals surface area contributed by atoms with Crippen LogP contribution in [0.3, 0.4) is 0 Å². The Labute approximate surface area is 199 Å². The van der Waals surface area contributed by atoms with Gasteiger partial charge in [0.1, 0.15) is 19.3 Å². The fourth-order valence-corrected chi connectivity index (χ4v) is 6.17. The van der Waals surface area contributed by atoms with Crippen molar-refractivity contribution in [3.05, 3.63) is 90.0 Å². The third kappa shape index (κ3) is 4.38. The molecule has 0 radical (unpaired) electrons. The normalized spacial score (nSPS) is 18.1. The molecule has 1 atom stereocenters. The molecule has 1 saturated heterocycles. The maximum atomic E-state index is 13.5. The van der Waals surface area contributed by atoms with Gasteiger partial charge in [-0.3, -0.25) is 4.79 Å². The first kappa shape index (κ1) is 22.4. The zero-order chi connectivity index (χ0) is 23.5. The molecular formula is C26H26N2O5S. The molecule has 5 rings (SSSR count). The van der Waals surface area contributed by atoms with Crippen LogP contribution in [-0.4, -0.2) is 44.4 Å². The van der Waals surface area contributed by atoms with Crippen molar-refractivity contribution in [1.82, 2.24) is 9.62 Å². The Bertz CT molecular complexity index is 1230. The van der Waals surface area contributed by atoms with Gasteiger partial charge in [-0.2, -0.15) is 4.31 Å². The lowest BCUT2D eigenvalue weighted by Crippen LogP contribution is -2.47. The van der Waals surface area contributed by atoms with Crippen LogP contribution in [0.1, 0.15) is 30.0 Å². The van der Waals surface area contributed by atoms with Gasteiger partial charge in [0.2, 0.25) is 15.9 Å². The predicted octanol–water partition coefficient (Wildman–Crippen LogP) is 3.52. The zero-order valence-electron chi connectivity index (χ0n) is 18.6. The molecule has 3 aromatic rings. The first-order valence-electron chi connectivity index (χ1n) is 11.4. The largest absolute Gasteiger partial charge is 0.486 e. The highest BCUT2D eigenvalue weighted by atomic mass is 32.2. The van der Waals surface area contributed by atoms with Crippen LogP contribution in [-0.2, 0) is 14.8 Å². The van der Waals surface area contributed by atoms with Crippen molar-refractivity contribution in [2.75, 3.05) is 19.8 Å². The minimum Gasteiger partial charge on any atom is -0.486 e. The quantitative estimate of drug-likeness (QED) is 0.586. The molecule has 2 heterocycles. The van der Waals surface area contributed by atoms with Crippen LogP contribution in [0.4, 0.5) is 0 Å². The van der Waals surface area contributed by atoms with Crippen LogP contribution in [0, 0.1) is 0 Å². The van der Waals surface area contributed by atoms with Gasteiger partial charge in [-0.25, -0.2) is 8.42 Å². The number of rotatable bonds is 6. The second-order valence-corrected chi connectivity index (χ2v) is 10.2. The second kappa shape index (κ2) is 9.48. The molecule has 8 heteroatoms. The molecule has 0 saturated carbocycles. The van der Waals surface area contributed by atoms with E-state index in [1.807, 2.05) is 60.7 Å². The monoisotopic (exact) mass is 478 g/mol. The van der Waals surface area contributed by atoms with Gasteiger partial charge in [-0.1, -0.05) is 60.7 Å². The van der Waals surface area contributed by atoms with E-state index in [1.165, 1.54) is 16.4 Å². The molecule has 1 amide bonds.